The van der Waals surface area contributed by atoms with Gasteiger partial charge in [-0.2, -0.15) is 0 Å². The molecule has 132 valence electrons. The maximum absolute atomic E-state index is 10.9. The number of anilines is 1. The van der Waals surface area contributed by atoms with Crippen LogP contribution in [-0.2, 0) is 12.8 Å². The average Bonchev–Trinajstić information content (AvgIpc) is 2.63. The SMILES string of the molecule is Nc1ccccc1CCc1ccc(OC2CCN(C(=O)O)CC2)cc1. The molecule has 1 aliphatic heterocycles. The largest absolute Gasteiger partial charge is 0.490 e. The number of likely N-dealkylation sites (tertiary alicyclic amines) is 1. The van der Waals surface area contributed by atoms with Crippen LogP contribution in [0.5, 0.6) is 5.75 Å². The topological polar surface area (TPSA) is 75.8 Å². The predicted octanol–water partition coefficient (Wildman–Crippen LogP) is 3.58. The van der Waals surface area contributed by atoms with Crippen molar-refractivity contribution >= 4 is 11.8 Å². The second kappa shape index (κ2) is 7.92. The number of nitrogen functional groups attached to an aromatic ring is 1. The Hall–Kier alpha value is -2.69. The molecule has 0 atom stereocenters. The number of para-hydroxylation sites is 1. The van der Waals surface area contributed by atoms with Crippen molar-refractivity contribution in [3.8, 4) is 5.75 Å². The molecule has 0 radical (unpaired) electrons. The summed E-state index contributed by atoms with van der Waals surface area (Å²) in [4.78, 5) is 12.4. The second-order valence-corrected chi connectivity index (χ2v) is 6.43. The molecular weight excluding hydrogens is 316 g/mol. The first kappa shape index (κ1) is 17.1. The fourth-order valence-electron chi connectivity index (χ4n) is 3.13. The van der Waals surface area contributed by atoms with E-state index in [0.29, 0.717) is 13.1 Å². The molecule has 1 fully saturated rings. The van der Waals surface area contributed by atoms with Crippen molar-refractivity contribution in [3.63, 3.8) is 0 Å². The highest BCUT2D eigenvalue weighted by atomic mass is 16.5. The minimum absolute atomic E-state index is 0.0885. The minimum Gasteiger partial charge on any atom is -0.490 e. The van der Waals surface area contributed by atoms with Crippen LogP contribution in [0.25, 0.3) is 0 Å². The highest BCUT2D eigenvalue weighted by Gasteiger charge is 2.23. The number of rotatable bonds is 5. The van der Waals surface area contributed by atoms with Crippen LogP contribution in [0.4, 0.5) is 10.5 Å². The van der Waals surface area contributed by atoms with E-state index < -0.39 is 6.09 Å². The Morgan fingerprint density at radius 3 is 2.40 bits per heavy atom. The van der Waals surface area contributed by atoms with Gasteiger partial charge in [-0.1, -0.05) is 30.3 Å². The Balaban J connectivity index is 1.49. The molecule has 1 heterocycles. The number of ether oxygens (including phenoxy) is 1. The van der Waals surface area contributed by atoms with Gasteiger partial charge in [-0.3, -0.25) is 0 Å². The van der Waals surface area contributed by atoms with Gasteiger partial charge in [0.2, 0.25) is 0 Å². The zero-order chi connectivity index (χ0) is 17.6. The molecule has 0 aromatic heterocycles. The Morgan fingerprint density at radius 2 is 1.76 bits per heavy atom. The molecule has 5 heteroatoms. The maximum Gasteiger partial charge on any atom is 0.407 e. The molecule has 2 aromatic carbocycles. The summed E-state index contributed by atoms with van der Waals surface area (Å²) >= 11 is 0. The fourth-order valence-corrected chi connectivity index (χ4v) is 3.13. The van der Waals surface area contributed by atoms with E-state index in [1.165, 1.54) is 16.0 Å². The number of aryl methyl sites for hydroxylation is 2. The van der Waals surface area contributed by atoms with Gasteiger partial charge in [-0.15, -0.1) is 0 Å². The zero-order valence-electron chi connectivity index (χ0n) is 14.2. The molecule has 0 unspecified atom stereocenters. The van der Waals surface area contributed by atoms with Gasteiger partial charge in [-0.25, -0.2) is 4.79 Å². The van der Waals surface area contributed by atoms with Crippen molar-refractivity contribution in [2.75, 3.05) is 18.8 Å². The van der Waals surface area contributed by atoms with Crippen LogP contribution in [0.15, 0.2) is 48.5 Å². The van der Waals surface area contributed by atoms with E-state index in [0.717, 1.165) is 37.1 Å². The van der Waals surface area contributed by atoms with Crippen LogP contribution in [-0.4, -0.2) is 35.3 Å². The summed E-state index contributed by atoms with van der Waals surface area (Å²) in [6, 6.07) is 16.1. The third-order valence-electron chi connectivity index (χ3n) is 4.68. The second-order valence-electron chi connectivity index (χ2n) is 6.43. The molecule has 3 N–H and O–H groups in total. The lowest BCUT2D eigenvalue weighted by atomic mass is 10.0. The van der Waals surface area contributed by atoms with Crippen LogP contribution < -0.4 is 10.5 Å². The van der Waals surface area contributed by atoms with Crippen molar-refractivity contribution in [2.24, 2.45) is 0 Å². The van der Waals surface area contributed by atoms with Crippen molar-refractivity contribution in [1.29, 1.82) is 0 Å². The van der Waals surface area contributed by atoms with Crippen LogP contribution in [0.2, 0.25) is 0 Å². The lowest BCUT2D eigenvalue weighted by Crippen LogP contribution is -2.41. The van der Waals surface area contributed by atoms with Crippen LogP contribution in [0, 0.1) is 0 Å². The Kier molecular flexibility index (Phi) is 5.43. The number of nitrogens with zero attached hydrogens (tertiary/aromatic N) is 1. The zero-order valence-corrected chi connectivity index (χ0v) is 14.2. The lowest BCUT2D eigenvalue weighted by Gasteiger charge is -2.30. The van der Waals surface area contributed by atoms with Gasteiger partial charge < -0.3 is 20.5 Å². The molecule has 0 spiro atoms. The first-order chi connectivity index (χ1) is 12.1. The highest BCUT2D eigenvalue weighted by Crippen LogP contribution is 2.21. The third-order valence-corrected chi connectivity index (χ3v) is 4.68. The fraction of sp³-hybridized carbons (Fsp3) is 0.350. The van der Waals surface area contributed by atoms with Crippen LogP contribution in [0.1, 0.15) is 24.0 Å². The van der Waals surface area contributed by atoms with Crippen molar-refractivity contribution < 1.29 is 14.6 Å². The van der Waals surface area contributed by atoms with Crippen molar-refractivity contribution in [3.05, 3.63) is 59.7 Å². The molecule has 0 saturated carbocycles. The average molecular weight is 340 g/mol. The van der Waals surface area contributed by atoms with Crippen molar-refractivity contribution in [1.82, 2.24) is 4.90 Å². The molecule has 3 rings (SSSR count). The van der Waals surface area contributed by atoms with Gasteiger partial charge in [0.15, 0.2) is 0 Å². The van der Waals surface area contributed by atoms with E-state index in [2.05, 4.69) is 18.2 Å². The quantitative estimate of drug-likeness (QED) is 0.816. The van der Waals surface area contributed by atoms with E-state index >= 15 is 0 Å². The molecule has 0 aliphatic carbocycles. The normalized spacial score (nSPS) is 15.1. The van der Waals surface area contributed by atoms with Gasteiger partial charge in [0, 0.05) is 31.6 Å². The Labute approximate surface area is 148 Å². The van der Waals surface area contributed by atoms with Crippen molar-refractivity contribution in [2.45, 2.75) is 31.8 Å². The van der Waals surface area contributed by atoms with Crippen LogP contribution >= 0.6 is 0 Å². The number of piperidine rings is 1. The number of amides is 1. The van der Waals surface area contributed by atoms with Gasteiger partial charge in [0.05, 0.1) is 0 Å². The summed E-state index contributed by atoms with van der Waals surface area (Å²) in [6.07, 6.45) is 2.57. The number of carboxylic acid groups (broad SMARTS) is 1. The summed E-state index contributed by atoms with van der Waals surface area (Å²) in [7, 11) is 0. The van der Waals surface area contributed by atoms with E-state index in [9.17, 15) is 4.79 Å². The first-order valence-electron chi connectivity index (χ1n) is 8.68. The Morgan fingerprint density at radius 1 is 1.08 bits per heavy atom. The summed E-state index contributed by atoms with van der Waals surface area (Å²) < 4.78 is 5.98. The summed E-state index contributed by atoms with van der Waals surface area (Å²) in [5.74, 6) is 0.844. The van der Waals surface area contributed by atoms with E-state index in [-0.39, 0.29) is 6.10 Å². The molecule has 25 heavy (non-hydrogen) atoms. The first-order valence-corrected chi connectivity index (χ1v) is 8.68. The molecule has 5 nitrogen and oxygen atoms in total. The minimum atomic E-state index is -0.846. The maximum atomic E-state index is 10.9. The van der Waals surface area contributed by atoms with E-state index in [4.69, 9.17) is 15.6 Å². The van der Waals surface area contributed by atoms with Gasteiger partial charge in [0.25, 0.3) is 0 Å². The monoisotopic (exact) mass is 340 g/mol. The highest BCUT2D eigenvalue weighted by molar-refractivity contribution is 5.65. The summed E-state index contributed by atoms with van der Waals surface area (Å²) in [5.41, 5.74) is 9.24. The smallest absolute Gasteiger partial charge is 0.407 e. The number of carbonyl (C=O) groups is 1. The molecule has 1 aliphatic rings. The predicted molar refractivity (Wildman–Crippen MR) is 98.0 cm³/mol. The number of hydrogen-bond acceptors (Lipinski definition) is 3. The summed E-state index contributed by atoms with van der Waals surface area (Å²) in [6.45, 7) is 1.08. The van der Waals surface area contributed by atoms with E-state index in [1.54, 1.807) is 0 Å². The standard InChI is InChI=1S/C20H24N2O3/c21-19-4-2-1-3-16(19)8-5-15-6-9-17(10-7-15)25-18-11-13-22(14-12-18)20(23)24/h1-4,6-7,9-10,18H,5,8,11-14,21H2,(H,23,24). The molecule has 2 aromatic rings. The Bertz CT molecular complexity index is 707. The van der Waals surface area contributed by atoms with Gasteiger partial charge in [-0.05, 0) is 42.2 Å². The summed E-state index contributed by atoms with van der Waals surface area (Å²) in [5, 5.41) is 8.97. The van der Waals surface area contributed by atoms with Gasteiger partial charge in [0.1, 0.15) is 11.9 Å². The number of benzene rings is 2. The molecule has 1 saturated heterocycles. The molecular formula is C20H24N2O3. The van der Waals surface area contributed by atoms with Crippen LogP contribution in [0.3, 0.4) is 0 Å². The third kappa shape index (κ3) is 4.66. The van der Waals surface area contributed by atoms with Gasteiger partial charge >= 0.3 is 6.09 Å². The lowest BCUT2D eigenvalue weighted by molar-refractivity contribution is 0.0894. The molecule has 0 bridgehead atoms. The number of nitrogens with two attached hydrogens (primary N) is 1. The molecule has 1 amide bonds. The number of hydrogen-bond donors (Lipinski definition) is 2. The van der Waals surface area contributed by atoms with E-state index in [1.807, 2.05) is 30.3 Å².